The third-order valence-electron chi connectivity index (χ3n) is 9.82. The first-order valence-corrected chi connectivity index (χ1v) is 20.3. The zero-order valence-corrected chi connectivity index (χ0v) is 30.2. The van der Waals surface area contributed by atoms with E-state index >= 15 is 0 Å². The molecule has 1 aromatic rings. The van der Waals surface area contributed by atoms with Crippen LogP contribution in [0.1, 0.15) is 231 Å². The van der Waals surface area contributed by atoms with Crippen LogP contribution in [-0.4, -0.2) is 0 Å². The number of hydrogen-bond donors (Lipinski definition) is 0. The normalized spacial score (nSPS) is 11.5. The molecule has 1 rings (SSSR count). The van der Waals surface area contributed by atoms with Crippen LogP contribution in [0.5, 0.6) is 0 Å². The molecule has 1 aromatic heterocycles. The Balaban J connectivity index is 2.34. The van der Waals surface area contributed by atoms with Gasteiger partial charge in [-0.05, 0) is 37.7 Å². The summed E-state index contributed by atoms with van der Waals surface area (Å²) in [7, 11) is 0. The van der Waals surface area contributed by atoms with E-state index in [0.29, 0.717) is 0 Å². The van der Waals surface area contributed by atoms with Crippen LogP contribution >= 0.6 is 0 Å². The van der Waals surface area contributed by atoms with Crippen molar-refractivity contribution in [3.05, 3.63) is 29.6 Å². The second-order valence-electron chi connectivity index (χ2n) is 14.1. The lowest BCUT2D eigenvalue weighted by atomic mass is 9.97. The van der Waals surface area contributed by atoms with Crippen LogP contribution < -0.4 is 4.57 Å². The quantitative estimate of drug-likeness (QED) is 0.0549. The summed E-state index contributed by atoms with van der Waals surface area (Å²) >= 11 is 0. The van der Waals surface area contributed by atoms with Gasteiger partial charge in [0.05, 0.1) is 0 Å². The van der Waals surface area contributed by atoms with Gasteiger partial charge < -0.3 is 0 Å². The maximum Gasteiger partial charge on any atom is 0.172 e. The van der Waals surface area contributed by atoms with Crippen molar-refractivity contribution >= 4 is 0 Å². The van der Waals surface area contributed by atoms with Gasteiger partial charge in [0.25, 0.3) is 0 Å². The summed E-state index contributed by atoms with van der Waals surface area (Å²) in [5.41, 5.74) is 3.33. The van der Waals surface area contributed by atoms with Gasteiger partial charge in [0.1, 0.15) is 6.54 Å². The molecule has 0 aliphatic heterocycles. The van der Waals surface area contributed by atoms with Gasteiger partial charge in [-0.25, -0.2) is 4.57 Å². The Hall–Kier alpha value is -0.850. The lowest BCUT2D eigenvalue weighted by Crippen LogP contribution is -2.34. The number of aromatic nitrogens is 1. The summed E-state index contributed by atoms with van der Waals surface area (Å²) in [4.78, 5) is 0. The predicted octanol–water partition coefficient (Wildman–Crippen LogP) is 14.2. The fraction of sp³-hybridized carbons (Fsp3) is 0.881. The van der Waals surface area contributed by atoms with Crippen molar-refractivity contribution in [2.45, 2.75) is 239 Å². The number of unbranched alkanes of at least 4 members (excludes halogenated alkanes) is 28. The van der Waals surface area contributed by atoms with E-state index in [1.165, 1.54) is 218 Å². The maximum atomic E-state index is 2.55. The van der Waals surface area contributed by atoms with Crippen molar-refractivity contribution in [3.63, 3.8) is 0 Å². The molecule has 0 saturated heterocycles. The minimum atomic E-state index is 1.21. The van der Waals surface area contributed by atoms with E-state index in [2.05, 4.69) is 43.8 Å². The van der Waals surface area contributed by atoms with Gasteiger partial charge in [-0.3, -0.25) is 0 Å². The molecular formula is C42H80N+. The molecule has 0 spiro atoms. The molecule has 0 amide bonds. The van der Waals surface area contributed by atoms with E-state index in [1.54, 1.807) is 11.1 Å². The molecule has 0 N–H and O–H groups in total. The number of hydrogen-bond acceptors (Lipinski definition) is 0. The van der Waals surface area contributed by atoms with Crippen molar-refractivity contribution in [3.8, 4) is 0 Å². The van der Waals surface area contributed by atoms with Gasteiger partial charge in [0, 0.05) is 18.1 Å². The van der Waals surface area contributed by atoms with Crippen molar-refractivity contribution in [1.29, 1.82) is 0 Å². The maximum absolute atomic E-state index is 2.55. The number of rotatable bonds is 34. The van der Waals surface area contributed by atoms with Crippen LogP contribution in [0.25, 0.3) is 0 Å². The summed E-state index contributed by atoms with van der Waals surface area (Å²) in [5, 5.41) is 0. The molecule has 0 aromatic carbocycles. The third kappa shape index (κ3) is 26.1. The largest absolute Gasteiger partial charge is 0.205 e. The fourth-order valence-electron chi connectivity index (χ4n) is 6.79. The first-order chi connectivity index (χ1) is 21.3. The Morgan fingerprint density at radius 2 is 0.651 bits per heavy atom. The molecule has 0 bridgehead atoms. The predicted molar refractivity (Wildman–Crippen MR) is 194 cm³/mol. The van der Waals surface area contributed by atoms with Crippen LogP contribution in [0, 0.1) is 0 Å². The highest BCUT2D eigenvalue weighted by Gasteiger charge is 2.10. The smallest absolute Gasteiger partial charge is 0.172 e. The van der Waals surface area contributed by atoms with E-state index in [4.69, 9.17) is 0 Å². The minimum Gasteiger partial charge on any atom is -0.205 e. The highest BCUT2D eigenvalue weighted by atomic mass is 14.9. The first kappa shape index (κ1) is 40.2. The highest BCUT2D eigenvalue weighted by Crippen LogP contribution is 2.18. The van der Waals surface area contributed by atoms with Crippen LogP contribution in [-0.2, 0) is 19.4 Å². The SMILES string of the molecule is CCCCCCCCCCCCC[n+]1ccc(CCCCCCCCCCCC)c(CCCCCCCCCCCC)c1. The molecule has 0 saturated carbocycles. The van der Waals surface area contributed by atoms with Crippen LogP contribution in [0.3, 0.4) is 0 Å². The zero-order chi connectivity index (χ0) is 30.9. The second-order valence-corrected chi connectivity index (χ2v) is 14.1. The molecule has 43 heavy (non-hydrogen) atoms. The molecule has 0 fully saturated rings. The van der Waals surface area contributed by atoms with Crippen LogP contribution in [0.2, 0.25) is 0 Å². The summed E-state index contributed by atoms with van der Waals surface area (Å²) in [6.45, 7) is 8.15. The lowest BCUT2D eigenvalue weighted by molar-refractivity contribution is -0.697. The van der Waals surface area contributed by atoms with Gasteiger partial charge in [0.2, 0.25) is 0 Å². The van der Waals surface area contributed by atoms with E-state index in [9.17, 15) is 0 Å². The highest BCUT2D eigenvalue weighted by molar-refractivity contribution is 5.21. The topological polar surface area (TPSA) is 3.88 Å². The van der Waals surface area contributed by atoms with Crippen molar-refractivity contribution in [1.82, 2.24) is 0 Å². The van der Waals surface area contributed by atoms with E-state index in [-0.39, 0.29) is 0 Å². The number of aryl methyl sites for hydroxylation is 3. The molecule has 1 nitrogen and oxygen atoms in total. The average Bonchev–Trinajstić information content (AvgIpc) is 3.02. The Morgan fingerprint density at radius 3 is 1.02 bits per heavy atom. The van der Waals surface area contributed by atoms with Crippen molar-refractivity contribution in [2.75, 3.05) is 0 Å². The Labute approximate surface area is 272 Å². The second kappa shape index (κ2) is 32.5. The molecule has 252 valence electrons. The van der Waals surface area contributed by atoms with Gasteiger partial charge in [0.15, 0.2) is 12.4 Å². The molecule has 0 aliphatic carbocycles. The zero-order valence-electron chi connectivity index (χ0n) is 30.2. The summed E-state index contributed by atoms with van der Waals surface area (Å²) in [5.74, 6) is 0. The average molecular weight is 599 g/mol. The summed E-state index contributed by atoms with van der Waals surface area (Å²) in [6, 6.07) is 2.50. The summed E-state index contributed by atoms with van der Waals surface area (Å²) in [6.07, 6.45) is 51.8. The Morgan fingerprint density at radius 1 is 0.349 bits per heavy atom. The van der Waals surface area contributed by atoms with Gasteiger partial charge in [-0.1, -0.05) is 194 Å². The lowest BCUT2D eigenvalue weighted by Gasteiger charge is -2.10. The standard InChI is InChI=1S/C42H80N/c1-4-7-10-13-16-19-22-25-28-31-34-38-43-39-37-41(35-32-29-26-23-20-17-14-11-8-5-2)42(40-43)36-33-30-27-24-21-18-15-12-9-6-3/h37,39-40H,4-36,38H2,1-3H3/q+1. The fourth-order valence-corrected chi connectivity index (χ4v) is 6.79. The molecule has 1 heterocycles. The van der Waals surface area contributed by atoms with E-state index in [0.717, 1.165) is 0 Å². The van der Waals surface area contributed by atoms with Gasteiger partial charge >= 0.3 is 0 Å². The Bertz CT molecular complexity index is 679. The molecular weight excluding hydrogens is 518 g/mol. The first-order valence-electron chi connectivity index (χ1n) is 20.3. The summed E-state index contributed by atoms with van der Waals surface area (Å²) < 4.78 is 2.53. The molecule has 0 unspecified atom stereocenters. The van der Waals surface area contributed by atoms with E-state index < -0.39 is 0 Å². The van der Waals surface area contributed by atoms with Crippen LogP contribution in [0.4, 0.5) is 0 Å². The minimum absolute atomic E-state index is 1.21. The van der Waals surface area contributed by atoms with Gasteiger partial charge in [-0.2, -0.15) is 0 Å². The number of pyridine rings is 1. The molecule has 1 heteroatoms. The van der Waals surface area contributed by atoms with Gasteiger partial charge in [-0.15, -0.1) is 0 Å². The molecule has 0 radical (unpaired) electrons. The Kier molecular flexibility index (Phi) is 30.4. The monoisotopic (exact) mass is 599 g/mol. The van der Waals surface area contributed by atoms with Crippen molar-refractivity contribution in [2.24, 2.45) is 0 Å². The van der Waals surface area contributed by atoms with Crippen molar-refractivity contribution < 1.29 is 4.57 Å². The molecule has 0 aliphatic rings. The number of nitrogens with zero attached hydrogens (tertiary/aromatic N) is 1. The molecule has 0 atom stereocenters. The van der Waals surface area contributed by atoms with E-state index in [1.807, 2.05) is 0 Å². The van der Waals surface area contributed by atoms with Crippen LogP contribution in [0.15, 0.2) is 18.5 Å². The third-order valence-corrected chi connectivity index (χ3v) is 9.82.